The van der Waals surface area contributed by atoms with Gasteiger partial charge in [0.25, 0.3) is 0 Å². The summed E-state index contributed by atoms with van der Waals surface area (Å²) in [5, 5.41) is 4.15. The van der Waals surface area contributed by atoms with Crippen molar-refractivity contribution in [2.75, 3.05) is 37.0 Å². The van der Waals surface area contributed by atoms with E-state index in [9.17, 15) is 0 Å². The average molecular weight is 286 g/mol. The van der Waals surface area contributed by atoms with Crippen molar-refractivity contribution >= 4 is 22.7 Å². The zero-order valence-corrected chi connectivity index (χ0v) is 12.7. The zero-order chi connectivity index (χ0) is 14.7. The van der Waals surface area contributed by atoms with Crippen molar-refractivity contribution in [1.29, 1.82) is 0 Å². The van der Waals surface area contributed by atoms with Gasteiger partial charge >= 0.3 is 0 Å². The van der Waals surface area contributed by atoms with Gasteiger partial charge < -0.3 is 15.0 Å². The number of nitrogens with one attached hydrogen (secondary N) is 1. The minimum absolute atomic E-state index is 0.316. The van der Waals surface area contributed by atoms with Crippen molar-refractivity contribution in [2.24, 2.45) is 0 Å². The quantitative estimate of drug-likeness (QED) is 0.916. The van der Waals surface area contributed by atoms with Crippen LogP contribution in [0.4, 0.5) is 11.8 Å². The maximum absolute atomic E-state index is 5.77. The fourth-order valence-electron chi connectivity index (χ4n) is 2.81. The molecule has 3 rings (SSSR count). The molecule has 2 heterocycles. The number of fused-ring (bicyclic) bond motifs is 1. The number of nitrogens with zero attached hydrogens (tertiary/aromatic N) is 3. The Labute approximate surface area is 125 Å². The van der Waals surface area contributed by atoms with Crippen LogP contribution in [0.15, 0.2) is 24.3 Å². The average Bonchev–Trinajstić information content (AvgIpc) is 3.04. The molecule has 1 fully saturated rings. The summed E-state index contributed by atoms with van der Waals surface area (Å²) in [6.45, 7) is 4.84. The van der Waals surface area contributed by atoms with E-state index in [1.807, 2.05) is 25.2 Å². The Kier molecular flexibility index (Phi) is 4.20. The maximum atomic E-state index is 5.77. The molecule has 0 radical (unpaired) electrons. The molecule has 112 valence electrons. The number of ether oxygens (including phenoxy) is 1. The summed E-state index contributed by atoms with van der Waals surface area (Å²) in [4.78, 5) is 11.5. The van der Waals surface area contributed by atoms with Gasteiger partial charge in [-0.1, -0.05) is 12.1 Å². The third-order valence-corrected chi connectivity index (χ3v) is 3.94. The van der Waals surface area contributed by atoms with Crippen LogP contribution in [-0.4, -0.2) is 42.8 Å². The molecule has 1 saturated heterocycles. The van der Waals surface area contributed by atoms with Gasteiger partial charge in [0.1, 0.15) is 5.82 Å². The summed E-state index contributed by atoms with van der Waals surface area (Å²) in [6.07, 6.45) is 2.61. The third kappa shape index (κ3) is 2.93. The van der Waals surface area contributed by atoms with Crippen LogP contribution in [0.5, 0.6) is 0 Å². The number of anilines is 2. The molecule has 1 aliphatic heterocycles. The summed E-state index contributed by atoms with van der Waals surface area (Å²) >= 11 is 0. The van der Waals surface area contributed by atoms with Crippen molar-refractivity contribution in [3.05, 3.63) is 24.3 Å². The van der Waals surface area contributed by atoms with Crippen LogP contribution in [0.2, 0.25) is 0 Å². The molecule has 0 spiro atoms. The molecule has 2 aromatic rings. The smallest absolute Gasteiger partial charge is 0.224 e. The number of hydrogen-bond donors (Lipinski definition) is 1. The van der Waals surface area contributed by atoms with Crippen LogP contribution in [-0.2, 0) is 4.74 Å². The first-order valence-electron chi connectivity index (χ1n) is 7.63. The van der Waals surface area contributed by atoms with E-state index >= 15 is 0 Å². The predicted molar refractivity (Wildman–Crippen MR) is 85.9 cm³/mol. The van der Waals surface area contributed by atoms with Crippen LogP contribution in [0.3, 0.4) is 0 Å². The van der Waals surface area contributed by atoms with Crippen LogP contribution in [0.25, 0.3) is 10.9 Å². The van der Waals surface area contributed by atoms with E-state index in [2.05, 4.69) is 33.2 Å². The van der Waals surface area contributed by atoms with Gasteiger partial charge in [-0.2, -0.15) is 4.98 Å². The van der Waals surface area contributed by atoms with Gasteiger partial charge in [-0.25, -0.2) is 4.98 Å². The highest BCUT2D eigenvalue weighted by Crippen LogP contribution is 2.26. The summed E-state index contributed by atoms with van der Waals surface area (Å²) in [5.41, 5.74) is 0.970. The summed E-state index contributed by atoms with van der Waals surface area (Å²) in [5.74, 6) is 1.65. The minimum Gasteiger partial charge on any atom is -0.376 e. The van der Waals surface area contributed by atoms with Crippen molar-refractivity contribution in [2.45, 2.75) is 25.9 Å². The number of benzene rings is 1. The van der Waals surface area contributed by atoms with Crippen molar-refractivity contribution in [1.82, 2.24) is 9.97 Å². The molecule has 5 nitrogen and oxygen atoms in total. The maximum Gasteiger partial charge on any atom is 0.224 e. The number of para-hydroxylation sites is 1. The van der Waals surface area contributed by atoms with Crippen molar-refractivity contribution in [3.8, 4) is 0 Å². The van der Waals surface area contributed by atoms with Gasteiger partial charge in [0.15, 0.2) is 0 Å². The molecule has 1 N–H and O–H groups in total. The second-order valence-corrected chi connectivity index (χ2v) is 5.31. The highest BCUT2D eigenvalue weighted by molar-refractivity contribution is 5.90. The molecular formula is C16H22N4O. The second-order valence-electron chi connectivity index (χ2n) is 5.31. The summed E-state index contributed by atoms with van der Waals surface area (Å²) < 4.78 is 5.77. The first-order chi connectivity index (χ1) is 10.3. The monoisotopic (exact) mass is 286 g/mol. The van der Waals surface area contributed by atoms with Gasteiger partial charge in [-0.15, -0.1) is 0 Å². The first-order valence-corrected chi connectivity index (χ1v) is 7.63. The number of aromatic nitrogens is 2. The number of hydrogen-bond acceptors (Lipinski definition) is 5. The lowest BCUT2D eigenvalue weighted by Crippen LogP contribution is -2.33. The molecule has 1 aromatic heterocycles. The highest BCUT2D eigenvalue weighted by atomic mass is 16.5. The Bertz CT molecular complexity index is 610. The summed E-state index contributed by atoms with van der Waals surface area (Å²) in [6, 6.07) is 8.16. The fourth-order valence-corrected chi connectivity index (χ4v) is 2.81. The van der Waals surface area contributed by atoms with Gasteiger partial charge in [0.05, 0.1) is 11.6 Å². The van der Waals surface area contributed by atoms with Crippen LogP contribution in [0, 0.1) is 0 Å². The first kappa shape index (κ1) is 14.1. The Morgan fingerprint density at radius 2 is 2.19 bits per heavy atom. The van der Waals surface area contributed by atoms with Crippen molar-refractivity contribution < 1.29 is 4.74 Å². The van der Waals surface area contributed by atoms with Crippen LogP contribution < -0.4 is 10.2 Å². The largest absolute Gasteiger partial charge is 0.376 e. The standard InChI is InChI=1S/C16H22N4O/c1-3-20(11-12-7-6-10-21-12)15-13-8-4-5-9-14(13)18-16(17-2)19-15/h4-5,8-9,12H,3,6-7,10-11H2,1-2H3,(H,17,18,19). The van der Waals surface area contributed by atoms with Crippen LogP contribution in [0.1, 0.15) is 19.8 Å². The van der Waals surface area contributed by atoms with Gasteiger partial charge in [-0.3, -0.25) is 0 Å². The Morgan fingerprint density at radius 3 is 2.90 bits per heavy atom. The highest BCUT2D eigenvalue weighted by Gasteiger charge is 2.21. The third-order valence-electron chi connectivity index (χ3n) is 3.94. The van der Waals surface area contributed by atoms with E-state index in [1.165, 1.54) is 0 Å². The molecule has 1 unspecified atom stereocenters. The van der Waals surface area contributed by atoms with Gasteiger partial charge in [0.2, 0.25) is 5.95 Å². The Balaban J connectivity index is 1.99. The van der Waals surface area contributed by atoms with Crippen LogP contribution >= 0.6 is 0 Å². The molecule has 5 heteroatoms. The van der Waals surface area contributed by atoms with E-state index in [1.54, 1.807) is 0 Å². The Hall–Kier alpha value is -1.88. The molecule has 0 saturated carbocycles. The lowest BCUT2D eigenvalue weighted by Gasteiger charge is -2.26. The molecule has 0 aliphatic carbocycles. The van der Waals surface area contributed by atoms with Gasteiger partial charge in [-0.05, 0) is 31.9 Å². The SMILES string of the molecule is CCN(CC1CCCO1)c1nc(NC)nc2ccccc12. The lowest BCUT2D eigenvalue weighted by molar-refractivity contribution is 0.115. The Morgan fingerprint density at radius 1 is 1.33 bits per heavy atom. The van der Waals surface area contributed by atoms with E-state index in [0.717, 1.165) is 49.3 Å². The summed E-state index contributed by atoms with van der Waals surface area (Å²) in [7, 11) is 1.85. The fraction of sp³-hybridized carbons (Fsp3) is 0.500. The molecule has 1 atom stereocenters. The molecule has 0 amide bonds. The molecule has 21 heavy (non-hydrogen) atoms. The molecule has 0 bridgehead atoms. The van der Waals surface area contributed by atoms with E-state index in [-0.39, 0.29) is 0 Å². The zero-order valence-electron chi connectivity index (χ0n) is 12.7. The molecule has 1 aromatic carbocycles. The minimum atomic E-state index is 0.316. The van der Waals surface area contributed by atoms with Gasteiger partial charge in [0, 0.05) is 32.1 Å². The number of likely N-dealkylation sites (N-methyl/N-ethyl adjacent to an activating group) is 1. The molecular weight excluding hydrogens is 264 g/mol. The lowest BCUT2D eigenvalue weighted by atomic mass is 10.2. The van der Waals surface area contributed by atoms with Crippen molar-refractivity contribution in [3.63, 3.8) is 0 Å². The topological polar surface area (TPSA) is 50.3 Å². The predicted octanol–water partition coefficient (Wildman–Crippen LogP) is 2.68. The van der Waals surface area contributed by atoms with E-state index in [0.29, 0.717) is 12.1 Å². The molecule has 1 aliphatic rings. The van der Waals surface area contributed by atoms with E-state index in [4.69, 9.17) is 4.74 Å². The second kappa shape index (κ2) is 6.26. The number of rotatable bonds is 5. The van der Waals surface area contributed by atoms with E-state index < -0.39 is 0 Å². The normalized spacial score (nSPS) is 18.1.